The summed E-state index contributed by atoms with van der Waals surface area (Å²) in [7, 11) is 2.94. The predicted molar refractivity (Wildman–Crippen MR) is 99.4 cm³/mol. The zero-order valence-corrected chi connectivity index (χ0v) is 15.7. The Kier molecular flexibility index (Phi) is 4.19. The third-order valence-corrected chi connectivity index (χ3v) is 5.23. The molecule has 26 heavy (non-hydrogen) atoms. The fourth-order valence-corrected chi connectivity index (χ4v) is 3.50. The van der Waals surface area contributed by atoms with E-state index in [9.17, 15) is 10.4 Å². The Morgan fingerprint density at radius 3 is 2.23 bits per heavy atom. The Bertz CT molecular complexity index is 904. The number of methoxy groups -OCH3 is 2. The van der Waals surface area contributed by atoms with Crippen molar-refractivity contribution in [3.8, 4) is 34.4 Å². The number of nitriles is 1. The molecule has 0 aliphatic heterocycles. The molecule has 1 aromatic heterocycles. The number of nitrogen functional groups attached to an aromatic ring is 1. The molecule has 3 N–H and O–H groups in total. The zero-order chi connectivity index (χ0) is 19.2. The molecule has 2 aromatic rings. The number of nitrogens with zero attached hydrogens (tertiary/aromatic N) is 2. The van der Waals surface area contributed by atoms with E-state index in [2.05, 4.69) is 24.9 Å². The molecule has 0 amide bonds. The molecule has 1 atom stereocenters. The average Bonchev–Trinajstić information content (AvgIpc) is 3.24. The summed E-state index contributed by atoms with van der Waals surface area (Å²) in [5, 5.41) is 19.8. The number of anilines is 1. The van der Waals surface area contributed by atoms with Crippen LogP contribution in [0.1, 0.15) is 43.0 Å². The van der Waals surface area contributed by atoms with Crippen molar-refractivity contribution >= 4 is 5.82 Å². The Balaban J connectivity index is 2.30. The van der Waals surface area contributed by atoms with Gasteiger partial charge in [-0.3, -0.25) is 0 Å². The first-order valence-electron chi connectivity index (χ1n) is 8.40. The van der Waals surface area contributed by atoms with Gasteiger partial charge in [0, 0.05) is 11.5 Å². The minimum absolute atomic E-state index is 0.0829. The number of ether oxygens (including phenoxy) is 2. The highest BCUT2D eigenvalue weighted by molar-refractivity contribution is 5.82. The summed E-state index contributed by atoms with van der Waals surface area (Å²) >= 11 is 0. The number of phenolic OH excluding ortho intramolecular Hbond substituents is 1. The lowest BCUT2D eigenvalue weighted by Gasteiger charge is -2.17. The first kappa shape index (κ1) is 17.9. The van der Waals surface area contributed by atoms with Gasteiger partial charge in [-0.2, -0.15) is 5.26 Å². The van der Waals surface area contributed by atoms with Crippen LogP contribution in [0.15, 0.2) is 12.1 Å². The maximum absolute atomic E-state index is 10.2. The molecule has 1 saturated carbocycles. The normalized spacial score (nSPS) is 17.5. The Morgan fingerprint density at radius 1 is 1.27 bits per heavy atom. The Labute approximate surface area is 153 Å². The molecule has 0 radical (unpaired) electrons. The highest BCUT2D eigenvalue weighted by atomic mass is 16.5. The Morgan fingerprint density at radius 2 is 1.81 bits per heavy atom. The average molecular weight is 353 g/mol. The topological polar surface area (TPSA) is 101 Å². The number of benzene rings is 1. The largest absolute Gasteiger partial charge is 0.502 e. The minimum Gasteiger partial charge on any atom is -0.502 e. The molecule has 6 nitrogen and oxygen atoms in total. The van der Waals surface area contributed by atoms with E-state index in [0.29, 0.717) is 22.6 Å². The van der Waals surface area contributed by atoms with E-state index in [4.69, 9.17) is 15.2 Å². The molecule has 0 spiro atoms. The van der Waals surface area contributed by atoms with Gasteiger partial charge in [0.2, 0.25) is 5.75 Å². The summed E-state index contributed by atoms with van der Waals surface area (Å²) in [4.78, 5) is 4.53. The van der Waals surface area contributed by atoms with Crippen LogP contribution in [0.5, 0.6) is 17.2 Å². The van der Waals surface area contributed by atoms with E-state index in [1.54, 1.807) is 12.1 Å². The monoisotopic (exact) mass is 353 g/mol. The molecule has 1 aromatic carbocycles. The highest BCUT2D eigenvalue weighted by Crippen LogP contribution is 2.59. The van der Waals surface area contributed by atoms with Crippen LogP contribution < -0.4 is 15.2 Å². The van der Waals surface area contributed by atoms with Crippen LogP contribution in [0.3, 0.4) is 0 Å². The third kappa shape index (κ3) is 2.70. The van der Waals surface area contributed by atoms with Gasteiger partial charge >= 0.3 is 0 Å². The van der Waals surface area contributed by atoms with Gasteiger partial charge in [-0.15, -0.1) is 0 Å². The molecule has 1 aliphatic carbocycles. The smallest absolute Gasteiger partial charge is 0.200 e. The zero-order valence-electron chi connectivity index (χ0n) is 15.7. The van der Waals surface area contributed by atoms with E-state index >= 15 is 0 Å². The van der Waals surface area contributed by atoms with Crippen molar-refractivity contribution in [2.24, 2.45) is 5.41 Å². The molecule has 6 heteroatoms. The number of rotatable bonds is 4. The summed E-state index contributed by atoms with van der Waals surface area (Å²) in [5.74, 6) is 0.993. The van der Waals surface area contributed by atoms with Gasteiger partial charge in [0.25, 0.3) is 0 Å². The second-order valence-corrected chi connectivity index (χ2v) is 7.34. The first-order valence-corrected chi connectivity index (χ1v) is 8.40. The van der Waals surface area contributed by atoms with Crippen molar-refractivity contribution in [2.45, 2.75) is 33.1 Å². The molecule has 136 valence electrons. The van der Waals surface area contributed by atoms with Gasteiger partial charge in [-0.1, -0.05) is 13.8 Å². The fourth-order valence-electron chi connectivity index (χ4n) is 3.50. The van der Waals surface area contributed by atoms with Gasteiger partial charge in [0.15, 0.2) is 11.5 Å². The van der Waals surface area contributed by atoms with Crippen LogP contribution in [-0.2, 0) is 0 Å². The fraction of sp³-hybridized carbons (Fsp3) is 0.400. The van der Waals surface area contributed by atoms with E-state index in [1.165, 1.54) is 14.2 Å². The van der Waals surface area contributed by atoms with Gasteiger partial charge in [0.05, 0.1) is 19.9 Å². The van der Waals surface area contributed by atoms with Crippen molar-refractivity contribution in [1.29, 1.82) is 5.26 Å². The number of aromatic hydroxyl groups is 1. The van der Waals surface area contributed by atoms with Crippen LogP contribution in [0.25, 0.3) is 11.1 Å². The van der Waals surface area contributed by atoms with Gasteiger partial charge in [-0.25, -0.2) is 4.98 Å². The second kappa shape index (κ2) is 6.10. The highest BCUT2D eigenvalue weighted by Gasteiger charge is 2.48. The van der Waals surface area contributed by atoms with E-state index < -0.39 is 0 Å². The second-order valence-electron chi connectivity index (χ2n) is 7.34. The molecule has 1 heterocycles. The standard InChI is InChI=1S/C20H23N3O3/c1-10-16(11-6-14(25-4)18(24)15(7-11)26-5)12(9-21)19(22)23-17(10)13-8-20(13,2)3/h6-7,13,24H,8H2,1-5H3,(H2,22,23)/t13-/m1/s1. The lowest BCUT2D eigenvalue weighted by atomic mass is 9.92. The number of aromatic nitrogens is 1. The van der Waals surface area contributed by atoms with Crippen LogP contribution in [0.2, 0.25) is 0 Å². The molecule has 0 unspecified atom stereocenters. The summed E-state index contributed by atoms with van der Waals surface area (Å²) in [6, 6.07) is 5.53. The number of nitrogens with two attached hydrogens (primary N) is 1. The number of hydrogen-bond acceptors (Lipinski definition) is 6. The SMILES string of the molecule is COc1cc(-c2c(C)c([C@H]3CC3(C)C)nc(N)c2C#N)cc(OC)c1O. The summed E-state index contributed by atoms with van der Waals surface area (Å²) in [5.41, 5.74) is 9.86. The minimum atomic E-state index is -0.0829. The van der Waals surface area contributed by atoms with Crippen molar-refractivity contribution < 1.29 is 14.6 Å². The van der Waals surface area contributed by atoms with Gasteiger partial charge in [0.1, 0.15) is 17.5 Å². The van der Waals surface area contributed by atoms with Gasteiger partial charge < -0.3 is 20.3 Å². The first-order chi connectivity index (χ1) is 12.2. The van der Waals surface area contributed by atoms with E-state index in [1.807, 2.05) is 6.92 Å². The van der Waals surface area contributed by atoms with Crippen molar-refractivity contribution in [1.82, 2.24) is 4.98 Å². The third-order valence-electron chi connectivity index (χ3n) is 5.23. The van der Waals surface area contributed by atoms with Gasteiger partial charge in [-0.05, 0) is 42.0 Å². The van der Waals surface area contributed by atoms with E-state index in [0.717, 1.165) is 17.7 Å². The quantitative estimate of drug-likeness (QED) is 0.868. The molecule has 1 fully saturated rings. The molecular weight excluding hydrogens is 330 g/mol. The number of pyridine rings is 1. The maximum Gasteiger partial charge on any atom is 0.200 e. The molecule has 0 saturated heterocycles. The van der Waals surface area contributed by atoms with E-state index in [-0.39, 0.29) is 28.5 Å². The summed E-state index contributed by atoms with van der Waals surface area (Å²) < 4.78 is 10.5. The van der Waals surface area contributed by atoms with Crippen molar-refractivity contribution in [2.75, 3.05) is 20.0 Å². The van der Waals surface area contributed by atoms with Crippen molar-refractivity contribution in [3.63, 3.8) is 0 Å². The predicted octanol–water partition coefficient (Wildman–Crippen LogP) is 3.75. The number of phenols is 1. The number of hydrogen-bond donors (Lipinski definition) is 2. The summed E-state index contributed by atoms with van der Waals surface area (Å²) in [6.07, 6.45) is 1.04. The van der Waals surface area contributed by atoms with Crippen LogP contribution in [-0.4, -0.2) is 24.3 Å². The molecule has 0 bridgehead atoms. The lowest BCUT2D eigenvalue weighted by Crippen LogP contribution is -2.06. The summed E-state index contributed by atoms with van der Waals surface area (Å²) in [6.45, 7) is 6.34. The molecule has 3 rings (SSSR count). The lowest BCUT2D eigenvalue weighted by molar-refractivity contribution is 0.340. The van der Waals surface area contributed by atoms with Crippen LogP contribution >= 0.6 is 0 Å². The van der Waals surface area contributed by atoms with Crippen LogP contribution in [0, 0.1) is 23.7 Å². The van der Waals surface area contributed by atoms with Crippen LogP contribution in [0.4, 0.5) is 5.82 Å². The maximum atomic E-state index is 10.2. The molecule has 1 aliphatic rings. The van der Waals surface area contributed by atoms with Crippen molar-refractivity contribution in [3.05, 3.63) is 29.0 Å². The Hall–Kier alpha value is -2.94. The molecular formula is C20H23N3O3.